The van der Waals surface area contributed by atoms with E-state index in [9.17, 15) is 19.5 Å². The lowest BCUT2D eigenvalue weighted by molar-refractivity contribution is -0.139. The van der Waals surface area contributed by atoms with E-state index in [-0.39, 0.29) is 11.5 Å². The highest BCUT2D eigenvalue weighted by molar-refractivity contribution is 6.00. The Hall–Kier alpha value is -3.15. The molecule has 2 N–H and O–H groups in total. The zero-order valence-electron chi connectivity index (χ0n) is 15.2. The number of amides is 2. The number of nitrogens with one attached hydrogen (secondary N) is 1. The number of aryl methyl sites for hydroxylation is 2. The molecule has 2 rings (SSSR count). The van der Waals surface area contributed by atoms with Crippen molar-refractivity contribution in [1.29, 1.82) is 0 Å². The second kappa shape index (κ2) is 7.82. The van der Waals surface area contributed by atoms with Crippen LogP contribution in [0.5, 0.6) is 0 Å². The van der Waals surface area contributed by atoms with E-state index in [4.69, 9.17) is 0 Å². The van der Waals surface area contributed by atoms with Crippen molar-refractivity contribution in [3.05, 3.63) is 70.3 Å². The first-order valence-electron chi connectivity index (χ1n) is 8.13. The summed E-state index contributed by atoms with van der Waals surface area (Å²) in [6.45, 7) is 3.82. The van der Waals surface area contributed by atoms with E-state index in [0.29, 0.717) is 11.1 Å². The van der Waals surface area contributed by atoms with Gasteiger partial charge in [-0.25, -0.2) is 4.79 Å². The molecule has 0 aliphatic heterocycles. The minimum Gasteiger partial charge on any atom is -0.479 e. The maximum atomic E-state index is 12.5. The molecule has 26 heavy (non-hydrogen) atoms. The Bertz CT molecular complexity index is 859. The molecular formula is C20H22N2O4. The number of carbonyl (C=O) groups excluding carboxylic acids is 2. The van der Waals surface area contributed by atoms with Crippen LogP contribution < -0.4 is 5.32 Å². The maximum absolute atomic E-state index is 12.5. The molecule has 2 aromatic rings. The van der Waals surface area contributed by atoms with Gasteiger partial charge in [0.1, 0.15) is 0 Å². The SMILES string of the molecule is Cc1ccc(C(NC(=O)c2cccc(C(=O)N(C)C)c2)C(=O)O)cc1C. The van der Waals surface area contributed by atoms with E-state index >= 15 is 0 Å². The number of hydrogen-bond donors (Lipinski definition) is 2. The summed E-state index contributed by atoms with van der Waals surface area (Å²) in [5, 5.41) is 12.1. The highest BCUT2D eigenvalue weighted by Crippen LogP contribution is 2.18. The van der Waals surface area contributed by atoms with Gasteiger partial charge in [-0.1, -0.05) is 24.3 Å². The van der Waals surface area contributed by atoms with Gasteiger partial charge in [0.15, 0.2) is 6.04 Å². The van der Waals surface area contributed by atoms with E-state index in [1.165, 1.54) is 11.0 Å². The highest BCUT2D eigenvalue weighted by Gasteiger charge is 2.23. The van der Waals surface area contributed by atoms with E-state index in [1.807, 2.05) is 19.9 Å². The third kappa shape index (κ3) is 4.27. The number of carbonyl (C=O) groups is 3. The molecule has 0 aliphatic carbocycles. The Morgan fingerprint density at radius 3 is 2.19 bits per heavy atom. The molecule has 0 aromatic heterocycles. The summed E-state index contributed by atoms with van der Waals surface area (Å²) in [5.74, 6) is -1.94. The van der Waals surface area contributed by atoms with Gasteiger partial charge in [0, 0.05) is 25.2 Å². The van der Waals surface area contributed by atoms with Gasteiger partial charge >= 0.3 is 5.97 Å². The molecule has 1 atom stereocenters. The minimum absolute atomic E-state index is 0.229. The van der Waals surface area contributed by atoms with Crippen molar-refractivity contribution < 1.29 is 19.5 Å². The molecular weight excluding hydrogens is 332 g/mol. The second-order valence-electron chi connectivity index (χ2n) is 6.37. The number of nitrogens with zero attached hydrogens (tertiary/aromatic N) is 1. The number of rotatable bonds is 5. The highest BCUT2D eigenvalue weighted by atomic mass is 16.4. The van der Waals surface area contributed by atoms with Crippen molar-refractivity contribution >= 4 is 17.8 Å². The van der Waals surface area contributed by atoms with Gasteiger partial charge in [0.25, 0.3) is 11.8 Å². The van der Waals surface area contributed by atoms with Crippen LogP contribution in [0.1, 0.15) is 43.4 Å². The molecule has 2 amide bonds. The average molecular weight is 354 g/mol. The first kappa shape index (κ1) is 19.2. The van der Waals surface area contributed by atoms with Gasteiger partial charge in [-0.15, -0.1) is 0 Å². The Balaban J connectivity index is 2.28. The number of benzene rings is 2. The van der Waals surface area contributed by atoms with Crippen molar-refractivity contribution in [3.63, 3.8) is 0 Å². The summed E-state index contributed by atoms with van der Waals surface area (Å²) < 4.78 is 0. The van der Waals surface area contributed by atoms with E-state index in [2.05, 4.69) is 5.32 Å². The lowest BCUT2D eigenvalue weighted by atomic mass is 10.0. The number of carboxylic acids is 1. The quantitative estimate of drug-likeness (QED) is 0.864. The summed E-state index contributed by atoms with van der Waals surface area (Å²) in [4.78, 5) is 37.6. The summed E-state index contributed by atoms with van der Waals surface area (Å²) in [6, 6.07) is 10.3. The van der Waals surface area contributed by atoms with E-state index < -0.39 is 17.9 Å². The Morgan fingerprint density at radius 2 is 1.62 bits per heavy atom. The Labute approximate surface area is 152 Å². The number of hydrogen-bond acceptors (Lipinski definition) is 3. The normalized spacial score (nSPS) is 11.5. The van der Waals surface area contributed by atoms with E-state index in [0.717, 1.165) is 11.1 Å². The van der Waals surface area contributed by atoms with Crippen LogP contribution in [-0.2, 0) is 4.79 Å². The fourth-order valence-corrected chi connectivity index (χ4v) is 2.50. The smallest absolute Gasteiger partial charge is 0.330 e. The van der Waals surface area contributed by atoms with Crippen LogP contribution in [0.15, 0.2) is 42.5 Å². The molecule has 0 spiro atoms. The summed E-state index contributed by atoms with van der Waals surface area (Å²) >= 11 is 0. The van der Waals surface area contributed by atoms with Crippen LogP contribution in [0.25, 0.3) is 0 Å². The molecule has 6 nitrogen and oxygen atoms in total. The van der Waals surface area contributed by atoms with Crippen LogP contribution in [0.2, 0.25) is 0 Å². The maximum Gasteiger partial charge on any atom is 0.330 e. The number of carboxylic acid groups (broad SMARTS) is 1. The van der Waals surface area contributed by atoms with Crippen molar-refractivity contribution in [2.24, 2.45) is 0 Å². The second-order valence-corrected chi connectivity index (χ2v) is 6.37. The van der Waals surface area contributed by atoms with Crippen molar-refractivity contribution in [2.75, 3.05) is 14.1 Å². The third-order valence-corrected chi connectivity index (χ3v) is 4.16. The van der Waals surface area contributed by atoms with Crippen LogP contribution in [0.4, 0.5) is 0 Å². The first-order chi connectivity index (χ1) is 12.2. The summed E-state index contributed by atoms with van der Waals surface area (Å²) in [7, 11) is 3.24. The van der Waals surface area contributed by atoms with Gasteiger partial charge in [-0.05, 0) is 48.7 Å². The van der Waals surface area contributed by atoms with Crippen LogP contribution >= 0.6 is 0 Å². The molecule has 0 bridgehead atoms. The Morgan fingerprint density at radius 1 is 0.962 bits per heavy atom. The van der Waals surface area contributed by atoms with Crippen molar-refractivity contribution in [2.45, 2.75) is 19.9 Å². The molecule has 0 saturated heterocycles. The predicted octanol–water partition coefficient (Wildman–Crippen LogP) is 2.56. The fourth-order valence-electron chi connectivity index (χ4n) is 2.50. The topological polar surface area (TPSA) is 86.7 Å². The predicted molar refractivity (Wildman–Crippen MR) is 98.2 cm³/mol. The molecule has 6 heteroatoms. The molecule has 0 saturated carbocycles. The largest absolute Gasteiger partial charge is 0.479 e. The molecule has 2 aromatic carbocycles. The lowest BCUT2D eigenvalue weighted by Crippen LogP contribution is -2.34. The van der Waals surface area contributed by atoms with Gasteiger partial charge in [0.05, 0.1) is 0 Å². The summed E-state index contributed by atoms with van der Waals surface area (Å²) in [5.41, 5.74) is 3.07. The van der Waals surface area contributed by atoms with Gasteiger partial charge in [0.2, 0.25) is 0 Å². The Kier molecular flexibility index (Phi) is 5.77. The van der Waals surface area contributed by atoms with Crippen molar-refractivity contribution in [3.8, 4) is 0 Å². The van der Waals surface area contributed by atoms with Gasteiger partial charge < -0.3 is 15.3 Å². The number of aliphatic carboxylic acids is 1. The van der Waals surface area contributed by atoms with Gasteiger partial charge in [-0.3, -0.25) is 9.59 Å². The molecule has 1 unspecified atom stereocenters. The molecule has 0 aliphatic rings. The van der Waals surface area contributed by atoms with E-state index in [1.54, 1.807) is 44.4 Å². The van der Waals surface area contributed by atoms with Crippen LogP contribution in [0.3, 0.4) is 0 Å². The standard InChI is InChI=1S/C20H22N2O4/c1-12-8-9-14(10-13(12)2)17(20(25)26)21-18(23)15-6-5-7-16(11-15)19(24)22(3)4/h5-11,17H,1-4H3,(H,21,23)(H,25,26). The molecule has 0 radical (unpaired) electrons. The van der Waals surface area contributed by atoms with Crippen LogP contribution in [0, 0.1) is 13.8 Å². The zero-order chi connectivity index (χ0) is 19.4. The van der Waals surface area contributed by atoms with Gasteiger partial charge in [-0.2, -0.15) is 0 Å². The molecule has 0 heterocycles. The third-order valence-electron chi connectivity index (χ3n) is 4.16. The average Bonchev–Trinajstić information content (AvgIpc) is 2.61. The molecule has 136 valence electrons. The molecule has 0 fully saturated rings. The van der Waals surface area contributed by atoms with Crippen LogP contribution in [-0.4, -0.2) is 41.9 Å². The van der Waals surface area contributed by atoms with Crippen molar-refractivity contribution in [1.82, 2.24) is 10.2 Å². The first-order valence-corrected chi connectivity index (χ1v) is 8.13. The minimum atomic E-state index is -1.17. The fraction of sp³-hybridized carbons (Fsp3) is 0.250. The zero-order valence-corrected chi connectivity index (χ0v) is 15.2. The summed E-state index contributed by atoms with van der Waals surface area (Å²) in [6.07, 6.45) is 0. The lowest BCUT2D eigenvalue weighted by Gasteiger charge is -2.17. The monoisotopic (exact) mass is 354 g/mol.